The van der Waals surface area contributed by atoms with E-state index in [1.807, 2.05) is 36.4 Å². The van der Waals surface area contributed by atoms with Crippen LogP contribution in [0.4, 0.5) is 5.69 Å². The van der Waals surface area contributed by atoms with Crippen LogP contribution in [0, 0.1) is 5.41 Å². The van der Waals surface area contributed by atoms with E-state index < -0.39 is 0 Å². The van der Waals surface area contributed by atoms with Gasteiger partial charge in [0.05, 0.1) is 6.26 Å². The molecule has 4 heteroatoms. The van der Waals surface area contributed by atoms with Gasteiger partial charge >= 0.3 is 0 Å². The Balaban J connectivity index is 2.21. The van der Waals surface area contributed by atoms with Gasteiger partial charge in [0.2, 0.25) is 0 Å². The maximum Gasteiger partial charge on any atom is 0.190 e. The first-order chi connectivity index (χ1) is 7.25. The summed E-state index contributed by atoms with van der Waals surface area (Å²) in [6.45, 7) is 0. The molecular weight excluding hydrogens is 190 g/mol. The quantitative estimate of drug-likeness (QED) is 0.515. The normalized spacial score (nSPS) is 9.87. The van der Waals surface area contributed by atoms with E-state index in [4.69, 9.17) is 15.6 Å². The lowest BCUT2D eigenvalue weighted by Crippen LogP contribution is -2.20. The lowest BCUT2D eigenvalue weighted by Gasteiger charge is -2.03. The molecule has 4 nitrogen and oxygen atoms in total. The largest absolute Gasteiger partial charge is 0.464 e. The zero-order chi connectivity index (χ0) is 10.7. The second-order valence-electron chi connectivity index (χ2n) is 3.09. The molecule has 1 aromatic heterocycles. The summed E-state index contributed by atoms with van der Waals surface area (Å²) < 4.78 is 5.25. The summed E-state index contributed by atoms with van der Waals surface area (Å²) in [6, 6.07) is 11.2. The van der Waals surface area contributed by atoms with Crippen LogP contribution in [0.15, 0.2) is 47.1 Å². The molecule has 0 fully saturated rings. The lowest BCUT2D eigenvalue weighted by molar-refractivity contribution is 0.582. The van der Waals surface area contributed by atoms with Crippen molar-refractivity contribution in [1.82, 2.24) is 0 Å². The van der Waals surface area contributed by atoms with Crippen molar-refractivity contribution in [1.29, 1.82) is 5.41 Å². The molecule has 0 bridgehead atoms. The van der Waals surface area contributed by atoms with E-state index in [-0.39, 0.29) is 5.96 Å². The minimum Gasteiger partial charge on any atom is -0.464 e. The first-order valence-electron chi connectivity index (χ1n) is 4.51. The highest BCUT2D eigenvalue weighted by Crippen LogP contribution is 2.21. The van der Waals surface area contributed by atoms with Crippen LogP contribution >= 0.6 is 0 Å². The third-order valence-corrected chi connectivity index (χ3v) is 1.97. The maximum atomic E-state index is 7.07. The second kappa shape index (κ2) is 3.88. The Kier molecular flexibility index (Phi) is 2.41. The minimum absolute atomic E-state index is 0.0688. The van der Waals surface area contributed by atoms with Gasteiger partial charge in [0.25, 0.3) is 0 Å². The van der Waals surface area contributed by atoms with E-state index in [1.165, 1.54) is 0 Å². The molecule has 15 heavy (non-hydrogen) atoms. The van der Waals surface area contributed by atoms with Crippen molar-refractivity contribution < 1.29 is 4.42 Å². The number of guanidine groups is 1. The Labute approximate surface area is 87.2 Å². The Hall–Kier alpha value is -2.23. The van der Waals surface area contributed by atoms with Crippen LogP contribution in [0.25, 0.3) is 11.3 Å². The topological polar surface area (TPSA) is 75.0 Å². The number of hydrogen-bond acceptors (Lipinski definition) is 2. The number of hydrogen-bond donors (Lipinski definition) is 3. The lowest BCUT2D eigenvalue weighted by atomic mass is 10.1. The average Bonchev–Trinajstić information content (AvgIpc) is 2.71. The first-order valence-corrected chi connectivity index (χ1v) is 4.51. The molecule has 2 rings (SSSR count). The molecule has 1 heterocycles. The van der Waals surface area contributed by atoms with Gasteiger partial charge in [0.15, 0.2) is 5.96 Å². The van der Waals surface area contributed by atoms with Crippen molar-refractivity contribution in [3.05, 3.63) is 42.7 Å². The van der Waals surface area contributed by atoms with Gasteiger partial charge in [0.1, 0.15) is 5.76 Å². The van der Waals surface area contributed by atoms with Gasteiger partial charge in [-0.05, 0) is 36.4 Å². The number of furan rings is 1. The number of nitrogens with one attached hydrogen (secondary N) is 2. The molecule has 0 atom stereocenters. The number of anilines is 1. The zero-order valence-corrected chi connectivity index (χ0v) is 8.03. The van der Waals surface area contributed by atoms with Gasteiger partial charge < -0.3 is 15.5 Å². The molecular formula is C11H11N3O. The molecule has 0 aliphatic rings. The Morgan fingerprint density at radius 3 is 2.47 bits per heavy atom. The molecule has 2 aromatic rings. The molecule has 4 N–H and O–H groups in total. The fourth-order valence-corrected chi connectivity index (χ4v) is 1.32. The highest BCUT2D eigenvalue weighted by molar-refractivity contribution is 5.89. The molecule has 0 saturated carbocycles. The maximum absolute atomic E-state index is 7.07. The molecule has 0 amide bonds. The summed E-state index contributed by atoms with van der Waals surface area (Å²) in [5.41, 5.74) is 6.99. The molecule has 76 valence electrons. The predicted octanol–water partition coefficient (Wildman–Crippen LogP) is 2.25. The fourth-order valence-electron chi connectivity index (χ4n) is 1.32. The third-order valence-electron chi connectivity index (χ3n) is 1.97. The number of rotatable bonds is 2. The SMILES string of the molecule is N=C(N)Nc1ccc(-c2ccco2)cc1. The zero-order valence-electron chi connectivity index (χ0n) is 8.03. The summed E-state index contributed by atoms with van der Waals surface area (Å²) in [4.78, 5) is 0. The molecule has 0 saturated heterocycles. The van der Waals surface area contributed by atoms with E-state index in [9.17, 15) is 0 Å². The summed E-state index contributed by atoms with van der Waals surface area (Å²) in [5, 5.41) is 9.78. The first kappa shape index (κ1) is 9.33. The van der Waals surface area contributed by atoms with Gasteiger partial charge in [-0.25, -0.2) is 0 Å². The van der Waals surface area contributed by atoms with Gasteiger partial charge in [0, 0.05) is 11.3 Å². The van der Waals surface area contributed by atoms with Crippen LogP contribution in [0.3, 0.4) is 0 Å². The summed E-state index contributed by atoms with van der Waals surface area (Å²) >= 11 is 0. The van der Waals surface area contributed by atoms with E-state index in [1.54, 1.807) is 6.26 Å². The van der Waals surface area contributed by atoms with Crippen LogP contribution in [0.5, 0.6) is 0 Å². The van der Waals surface area contributed by atoms with Crippen LogP contribution in [-0.2, 0) is 0 Å². The average molecular weight is 201 g/mol. The van der Waals surface area contributed by atoms with Crippen LogP contribution in [0.2, 0.25) is 0 Å². The van der Waals surface area contributed by atoms with Gasteiger partial charge in [-0.2, -0.15) is 0 Å². The van der Waals surface area contributed by atoms with Crippen molar-refractivity contribution >= 4 is 11.6 Å². The smallest absolute Gasteiger partial charge is 0.190 e. The predicted molar refractivity (Wildman–Crippen MR) is 59.7 cm³/mol. The van der Waals surface area contributed by atoms with Crippen molar-refractivity contribution in [3.8, 4) is 11.3 Å². The Morgan fingerprint density at radius 1 is 1.20 bits per heavy atom. The molecule has 0 radical (unpaired) electrons. The second-order valence-corrected chi connectivity index (χ2v) is 3.09. The molecule has 0 aliphatic heterocycles. The van der Waals surface area contributed by atoms with Crippen molar-refractivity contribution in [2.45, 2.75) is 0 Å². The highest BCUT2D eigenvalue weighted by atomic mass is 16.3. The van der Waals surface area contributed by atoms with E-state index in [2.05, 4.69) is 5.32 Å². The minimum atomic E-state index is -0.0688. The van der Waals surface area contributed by atoms with E-state index >= 15 is 0 Å². The van der Waals surface area contributed by atoms with Crippen LogP contribution < -0.4 is 11.1 Å². The van der Waals surface area contributed by atoms with Gasteiger partial charge in [-0.1, -0.05) is 0 Å². The van der Waals surface area contributed by atoms with E-state index in [0.29, 0.717) is 0 Å². The standard InChI is InChI=1S/C11H11N3O/c12-11(13)14-9-5-3-8(4-6-9)10-2-1-7-15-10/h1-7H,(H4,12,13,14). The monoisotopic (exact) mass is 201 g/mol. The van der Waals surface area contributed by atoms with Gasteiger partial charge in [-0.15, -0.1) is 0 Å². The molecule has 0 unspecified atom stereocenters. The number of nitrogens with two attached hydrogens (primary N) is 1. The summed E-state index contributed by atoms with van der Waals surface area (Å²) in [5.74, 6) is 0.755. The van der Waals surface area contributed by atoms with Crippen molar-refractivity contribution in [3.63, 3.8) is 0 Å². The van der Waals surface area contributed by atoms with Crippen LogP contribution in [-0.4, -0.2) is 5.96 Å². The molecule has 0 spiro atoms. The summed E-state index contributed by atoms with van der Waals surface area (Å²) in [7, 11) is 0. The van der Waals surface area contributed by atoms with E-state index in [0.717, 1.165) is 17.0 Å². The van der Waals surface area contributed by atoms with Gasteiger partial charge in [-0.3, -0.25) is 5.41 Å². The van der Waals surface area contributed by atoms with Crippen LogP contribution in [0.1, 0.15) is 0 Å². The number of benzene rings is 1. The highest BCUT2D eigenvalue weighted by Gasteiger charge is 2.00. The third kappa shape index (κ3) is 2.17. The fraction of sp³-hybridized carbons (Fsp3) is 0. The Bertz CT molecular complexity index is 445. The van der Waals surface area contributed by atoms with Crippen molar-refractivity contribution in [2.24, 2.45) is 5.73 Å². The molecule has 1 aromatic carbocycles. The Morgan fingerprint density at radius 2 is 1.93 bits per heavy atom. The molecule has 0 aliphatic carbocycles. The summed E-state index contributed by atoms with van der Waals surface area (Å²) in [6.07, 6.45) is 1.64. The van der Waals surface area contributed by atoms with Crippen molar-refractivity contribution in [2.75, 3.05) is 5.32 Å².